The van der Waals surface area contributed by atoms with Crippen LogP contribution in [0.1, 0.15) is 26.5 Å². The van der Waals surface area contributed by atoms with Gasteiger partial charge in [0.25, 0.3) is 5.56 Å². The Bertz CT molecular complexity index is 792. The van der Waals surface area contributed by atoms with Gasteiger partial charge in [-0.3, -0.25) is 19.9 Å². The maximum atomic E-state index is 12.0. The Kier molecular flexibility index (Phi) is 4.34. The molecule has 7 nitrogen and oxygen atoms in total. The zero-order chi connectivity index (χ0) is 16.7. The molecule has 118 valence electrons. The number of rotatable bonds is 1. The van der Waals surface area contributed by atoms with Crippen molar-refractivity contribution in [3.63, 3.8) is 0 Å². The van der Waals surface area contributed by atoms with Crippen molar-refractivity contribution in [1.82, 2.24) is 19.9 Å². The molecule has 0 aliphatic rings. The summed E-state index contributed by atoms with van der Waals surface area (Å²) in [6, 6.07) is 0. The van der Waals surface area contributed by atoms with Crippen molar-refractivity contribution in [3.05, 3.63) is 22.2 Å². The van der Waals surface area contributed by atoms with Gasteiger partial charge in [0.2, 0.25) is 15.6 Å². The Balaban J connectivity index is 2.47. The van der Waals surface area contributed by atoms with E-state index < -0.39 is 14.8 Å². The normalized spacial score (nSPS) is 12.5. The number of hydrogen-bond acceptors (Lipinski definition) is 5. The molecule has 1 amide bonds. The van der Waals surface area contributed by atoms with Crippen molar-refractivity contribution in [2.75, 3.05) is 5.32 Å². The Morgan fingerprint density at radius 2 is 1.86 bits per heavy atom. The van der Waals surface area contributed by atoms with Crippen LogP contribution in [-0.4, -0.2) is 25.8 Å². The number of carbonyl (C=O) groups excluding carboxylic acids is 1. The van der Waals surface area contributed by atoms with Gasteiger partial charge in [0.05, 0.1) is 6.20 Å². The van der Waals surface area contributed by atoms with Crippen LogP contribution in [0.25, 0.3) is 11.2 Å². The number of fused-ring (bicyclic) bond motifs is 1. The van der Waals surface area contributed by atoms with E-state index in [1.54, 1.807) is 20.8 Å². The van der Waals surface area contributed by atoms with Crippen LogP contribution in [0.4, 0.5) is 5.95 Å². The van der Waals surface area contributed by atoms with E-state index in [1.807, 2.05) is 0 Å². The molecular formula is C12H12Cl3N5O2. The maximum absolute atomic E-state index is 12.0. The molecule has 0 saturated heterocycles. The lowest BCUT2D eigenvalue weighted by molar-refractivity contribution is -0.123. The smallest absolute Gasteiger partial charge is 0.280 e. The molecule has 22 heavy (non-hydrogen) atoms. The Hall–Kier alpha value is -1.44. The Labute approximate surface area is 140 Å². The van der Waals surface area contributed by atoms with E-state index in [-0.39, 0.29) is 28.7 Å². The van der Waals surface area contributed by atoms with Crippen molar-refractivity contribution in [1.29, 1.82) is 0 Å². The highest BCUT2D eigenvalue weighted by Crippen LogP contribution is 2.36. The molecule has 0 aliphatic carbocycles. The molecule has 0 bridgehead atoms. The van der Waals surface area contributed by atoms with Crippen molar-refractivity contribution in [2.45, 2.75) is 24.6 Å². The lowest BCUT2D eigenvalue weighted by Crippen LogP contribution is -2.29. The molecule has 0 saturated carbocycles. The molecule has 0 aliphatic heterocycles. The minimum absolute atomic E-state index is 0.00350. The number of halogens is 3. The number of anilines is 1. The fraction of sp³-hybridized carbons (Fsp3) is 0.417. The van der Waals surface area contributed by atoms with Crippen LogP contribution >= 0.6 is 34.8 Å². The lowest BCUT2D eigenvalue weighted by atomic mass is 9.96. The summed E-state index contributed by atoms with van der Waals surface area (Å²) in [5.74, 6) is -0.325. The van der Waals surface area contributed by atoms with Gasteiger partial charge < -0.3 is 0 Å². The highest BCUT2D eigenvalue weighted by Gasteiger charge is 2.26. The molecule has 0 atom stereocenters. The van der Waals surface area contributed by atoms with Gasteiger partial charge in [-0.2, -0.15) is 4.98 Å². The summed E-state index contributed by atoms with van der Waals surface area (Å²) < 4.78 is -1.80. The minimum Gasteiger partial charge on any atom is -0.296 e. The fourth-order valence-electron chi connectivity index (χ4n) is 1.41. The van der Waals surface area contributed by atoms with Crippen molar-refractivity contribution in [2.24, 2.45) is 5.41 Å². The molecule has 0 spiro atoms. The first-order chi connectivity index (χ1) is 9.98. The molecule has 2 rings (SSSR count). The summed E-state index contributed by atoms with van der Waals surface area (Å²) in [5.41, 5.74) is -1.29. The molecule has 0 fully saturated rings. The SMILES string of the molecule is CC(C)(C)C(=O)Nc1nc2ncc(C(Cl)(Cl)Cl)nc2c(=O)[nH]1. The third-order valence-electron chi connectivity index (χ3n) is 2.62. The highest BCUT2D eigenvalue weighted by molar-refractivity contribution is 6.66. The zero-order valence-electron chi connectivity index (χ0n) is 11.9. The second-order valence-corrected chi connectivity index (χ2v) is 7.83. The first-order valence-electron chi connectivity index (χ1n) is 6.14. The number of carbonyl (C=O) groups is 1. The van der Waals surface area contributed by atoms with Crippen LogP contribution in [0.3, 0.4) is 0 Å². The number of nitrogens with one attached hydrogen (secondary N) is 2. The van der Waals surface area contributed by atoms with Gasteiger partial charge >= 0.3 is 0 Å². The number of H-pyrrole nitrogens is 1. The van der Waals surface area contributed by atoms with Gasteiger partial charge in [-0.1, -0.05) is 55.6 Å². The van der Waals surface area contributed by atoms with Gasteiger partial charge in [-0.05, 0) is 0 Å². The third-order valence-corrected chi connectivity index (χ3v) is 3.20. The highest BCUT2D eigenvalue weighted by atomic mass is 35.6. The summed E-state index contributed by atoms with van der Waals surface area (Å²) in [6.07, 6.45) is 1.21. The second-order valence-electron chi connectivity index (χ2n) is 5.54. The summed E-state index contributed by atoms with van der Waals surface area (Å²) in [6.45, 7) is 5.19. The van der Waals surface area contributed by atoms with E-state index in [2.05, 4.69) is 25.3 Å². The zero-order valence-corrected chi connectivity index (χ0v) is 14.1. The van der Waals surface area contributed by atoms with Gasteiger partial charge in [0, 0.05) is 5.41 Å². The Morgan fingerprint density at radius 3 is 2.41 bits per heavy atom. The lowest BCUT2D eigenvalue weighted by Gasteiger charge is -2.16. The molecule has 10 heteroatoms. The Morgan fingerprint density at radius 1 is 1.23 bits per heavy atom. The number of nitrogens with zero attached hydrogens (tertiary/aromatic N) is 3. The fourth-order valence-corrected chi connectivity index (χ4v) is 1.68. The van der Waals surface area contributed by atoms with Gasteiger partial charge in [0.1, 0.15) is 5.69 Å². The summed E-state index contributed by atoms with van der Waals surface area (Å²) in [7, 11) is 0. The number of aromatic nitrogens is 4. The first kappa shape index (κ1) is 16.9. The molecule has 0 unspecified atom stereocenters. The number of amides is 1. The monoisotopic (exact) mass is 363 g/mol. The predicted octanol–water partition coefficient (Wildman–Crippen LogP) is 2.52. The van der Waals surface area contributed by atoms with Crippen molar-refractivity contribution in [3.8, 4) is 0 Å². The van der Waals surface area contributed by atoms with Crippen LogP contribution in [0.15, 0.2) is 11.0 Å². The van der Waals surface area contributed by atoms with E-state index >= 15 is 0 Å². The standard InChI is InChI=1S/C12H12Cl3N5O2/c1-11(2,3)9(22)20-10-18-7-6(8(21)19-10)17-5(4-16-7)12(13,14)15/h4H,1-3H3,(H2,16,18,19,20,21,22). The number of aromatic amines is 1. The molecule has 2 N–H and O–H groups in total. The van der Waals surface area contributed by atoms with Gasteiger partial charge in [-0.15, -0.1) is 0 Å². The van der Waals surface area contributed by atoms with E-state index in [1.165, 1.54) is 6.20 Å². The molecule has 0 radical (unpaired) electrons. The average molecular weight is 365 g/mol. The van der Waals surface area contributed by atoms with E-state index in [0.717, 1.165) is 0 Å². The maximum Gasteiger partial charge on any atom is 0.280 e. The molecule has 2 aromatic rings. The minimum atomic E-state index is -1.80. The van der Waals surface area contributed by atoms with Crippen LogP contribution in [-0.2, 0) is 8.59 Å². The quantitative estimate of drug-likeness (QED) is 0.757. The first-order valence-corrected chi connectivity index (χ1v) is 7.27. The van der Waals surface area contributed by atoms with Crippen LogP contribution in [0, 0.1) is 5.41 Å². The molecule has 2 heterocycles. The topological polar surface area (TPSA) is 101 Å². The second kappa shape index (κ2) is 5.64. The van der Waals surface area contributed by atoms with E-state index in [4.69, 9.17) is 34.8 Å². The van der Waals surface area contributed by atoms with E-state index in [9.17, 15) is 9.59 Å². The molecule has 0 aromatic carbocycles. The summed E-state index contributed by atoms with van der Waals surface area (Å²) in [5, 5.41) is 2.51. The van der Waals surface area contributed by atoms with Crippen LogP contribution in [0.2, 0.25) is 0 Å². The number of hydrogen-bond donors (Lipinski definition) is 2. The van der Waals surface area contributed by atoms with Crippen molar-refractivity contribution < 1.29 is 4.79 Å². The third kappa shape index (κ3) is 3.66. The van der Waals surface area contributed by atoms with Crippen LogP contribution in [0.5, 0.6) is 0 Å². The van der Waals surface area contributed by atoms with E-state index in [0.29, 0.717) is 0 Å². The van der Waals surface area contributed by atoms with Crippen LogP contribution < -0.4 is 10.9 Å². The van der Waals surface area contributed by atoms with Crippen molar-refractivity contribution >= 4 is 57.8 Å². The molecular weight excluding hydrogens is 353 g/mol. The predicted molar refractivity (Wildman–Crippen MR) is 85.3 cm³/mol. The molecule has 2 aromatic heterocycles. The van der Waals surface area contributed by atoms with Gasteiger partial charge in [0.15, 0.2) is 11.2 Å². The average Bonchev–Trinajstić information content (AvgIpc) is 2.36. The summed E-state index contributed by atoms with van der Waals surface area (Å²) in [4.78, 5) is 38.2. The van der Waals surface area contributed by atoms with Gasteiger partial charge in [-0.25, -0.2) is 9.97 Å². The number of alkyl halides is 3. The largest absolute Gasteiger partial charge is 0.296 e. The summed E-state index contributed by atoms with van der Waals surface area (Å²) >= 11 is 17.1.